The molecule has 0 aliphatic heterocycles. The molecule has 0 bridgehead atoms. The van der Waals surface area contributed by atoms with E-state index in [1.54, 1.807) is 0 Å². The molecule has 110 valence electrons. The van der Waals surface area contributed by atoms with Crippen molar-refractivity contribution in [2.75, 3.05) is 5.73 Å². The Morgan fingerprint density at radius 1 is 1.52 bits per heavy atom. The molecular formula is C15H17BrN4O. The maximum atomic E-state index is 12.3. The number of nitrogens with zero attached hydrogens (tertiary/aromatic N) is 1. The van der Waals surface area contributed by atoms with Gasteiger partial charge in [0.05, 0.1) is 17.4 Å². The van der Waals surface area contributed by atoms with Crippen LogP contribution in [0.25, 0.3) is 0 Å². The minimum absolute atomic E-state index is 0.115. The van der Waals surface area contributed by atoms with Gasteiger partial charge >= 0.3 is 0 Å². The largest absolute Gasteiger partial charge is 0.395 e. The van der Waals surface area contributed by atoms with Crippen molar-refractivity contribution in [2.45, 2.75) is 31.7 Å². The summed E-state index contributed by atoms with van der Waals surface area (Å²) in [5.74, 6) is 0.199. The number of hydrogen-bond acceptors (Lipinski definition) is 3. The van der Waals surface area contributed by atoms with Crippen molar-refractivity contribution >= 4 is 27.5 Å². The Kier molecular flexibility index (Phi) is 3.71. The van der Waals surface area contributed by atoms with Crippen LogP contribution in [0, 0.1) is 0 Å². The van der Waals surface area contributed by atoms with Gasteiger partial charge in [-0.1, -0.05) is 28.1 Å². The fourth-order valence-electron chi connectivity index (χ4n) is 2.34. The van der Waals surface area contributed by atoms with E-state index in [0.29, 0.717) is 17.3 Å². The van der Waals surface area contributed by atoms with E-state index in [-0.39, 0.29) is 11.9 Å². The predicted molar refractivity (Wildman–Crippen MR) is 85.0 cm³/mol. The third-order valence-electron chi connectivity index (χ3n) is 3.73. The smallest absolute Gasteiger partial charge is 0.274 e. The van der Waals surface area contributed by atoms with Crippen LogP contribution in [0.3, 0.4) is 0 Å². The van der Waals surface area contributed by atoms with E-state index < -0.39 is 0 Å². The lowest BCUT2D eigenvalue weighted by Crippen LogP contribution is -2.27. The van der Waals surface area contributed by atoms with Crippen LogP contribution in [-0.4, -0.2) is 16.1 Å². The molecule has 1 unspecified atom stereocenters. The van der Waals surface area contributed by atoms with E-state index in [4.69, 9.17) is 5.73 Å². The molecule has 21 heavy (non-hydrogen) atoms. The topological polar surface area (TPSA) is 83.8 Å². The number of anilines is 1. The molecule has 1 fully saturated rings. The number of benzene rings is 1. The Bertz CT molecular complexity index is 678. The first kappa shape index (κ1) is 14.1. The molecule has 1 heterocycles. The average molecular weight is 349 g/mol. The van der Waals surface area contributed by atoms with Gasteiger partial charge in [-0.15, -0.1) is 0 Å². The molecule has 1 amide bonds. The van der Waals surface area contributed by atoms with Crippen LogP contribution < -0.4 is 11.1 Å². The summed E-state index contributed by atoms with van der Waals surface area (Å²) in [6.07, 6.45) is 2.23. The van der Waals surface area contributed by atoms with Gasteiger partial charge in [0, 0.05) is 10.4 Å². The first-order valence-electron chi connectivity index (χ1n) is 6.96. The number of nitrogens with two attached hydrogens (primary N) is 1. The zero-order chi connectivity index (χ0) is 15.0. The van der Waals surface area contributed by atoms with E-state index in [0.717, 1.165) is 28.6 Å². The van der Waals surface area contributed by atoms with Gasteiger partial charge in [-0.05, 0) is 37.5 Å². The summed E-state index contributed by atoms with van der Waals surface area (Å²) < 4.78 is 0.983. The van der Waals surface area contributed by atoms with Crippen LogP contribution in [0.5, 0.6) is 0 Å². The lowest BCUT2D eigenvalue weighted by Gasteiger charge is -2.14. The Labute approximate surface area is 131 Å². The van der Waals surface area contributed by atoms with Crippen molar-refractivity contribution in [3.63, 3.8) is 0 Å². The zero-order valence-corrected chi connectivity index (χ0v) is 13.3. The molecule has 4 N–H and O–H groups in total. The number of halogens is 1. The van der Waals surface area contributed by atoms with Gasteiger partial charge in [0.1, 0.15) is 0 Å². The molecule has 0 saturated heterocycles. The minimum atomic E-state index is -0.247. The van der Waals surface area contributed by atoms with Crippen LogP contribution in [-0.2, 0) is 0 Å². The Hall–Kier alpha value is -1.82. The number of aromatic amines is 1. The summed E-state index contributed by atoms with van der Waals surface area (Å²) in [6.45, 7) is 1.93. The first-order chi connectivity index (χ1) is 10.1. The van der Waals surface area contributed by atoms with Gasteiger partial charge in [0.25, 0.3) is 5.91 Å². The van der Waals surface area contributed by atoms with Crippen molar-refractivity contribution < 1.29 is 4.79 Å². The number of hydrogen-bond donors (Lipinski definition) is 3. The van der Waals surface area contributed by atoms with Crippen molar-refractivity contribution in [2.24, 2.45) is 0 Å². The molecule has 6 heteroatoms. The summed E-state index contributed by atoms with van der Waals surface area (Å²) in [5.41, 5.74) is 8.72. The van der Waals surface area contributed by atoms with Crippen LogP contribution >= 0.6 is 15.9 Å². The number of amides is 1. The van der Waals surface area contributed by atoms with Gasteiger partial charge in [-0.25, -0.2) is 0 Å². The highest BCUT2D eigenvalue weighted by molar-refractivity contribution is 9.10. The molecule has 0 spiro atoms. The van der Waals surface area contributed by atoms with Crippen LogP contribution in [0.15, 0.2) is 28.7 Å². The number of H-pyrrole nitrogens is 1. The van der Waals surface area contributed by atoms with Gasteiger partial charge < -0.3 is 11.1 Å². The summed E-state index contributed by atoms with van der Waals surface area (Å²) in [6, 6.07) is 7.73. The van der Waals surface area contributed by atoms with E-state index in [9.17, 15) is 4.79 Å². The molecule has 1 atom stereocenters. The van der Waals surface area contributed by atoms with E-state index in [1.807, 2.05) is 31.2 Å². The van der Waals surface area contributed by atoms with E-state index >= 15 is 0 Å². The summed E-state index contributed by atoms with van der Waals surface area (Å²) in [5, 5.41) is 9.90. The number of nitrogens with one attached hydrogen (secondary N) is 2. The molecule has 0 radical (unpaired) electrons. The maximum Gasteiger partial charge on any atom is 0.274 e. The molecule has 1 aliphatic carbocycles. The number of carbonyl (C=O) groups is 1. The number of carbonyl (C=O) groups excluding carboxylic acids is 1. The molecule has 1 aromatic carbocycles. The number of nitrogen functional groups attached to an aromatic ring is 1. The van der Waals surface area contributed by atoms with Crippen LogP contribution in [0.2, 0.25) is 0 Å². The average Bonchev–Trinajstić information content (AvgIpc) is 3.21. The predicted octanol–water partition coefficient (Wildman–Crippen LogP) is 3.12. The van der Waals surface area contributed by atoms with Crippen molar-refractivity contribution in [3.8, 4) is 0 Å². The number of rotatable bonds is 4. The maximum absolute atomic E-state index is 12.3. The van der Waals surface area contributed by atoms with Crippen molar-refractivity contribution in [3.05, 3.63) is 45.7 Å². The van der Waals surface area contributed by atoms with Crippen LogP contribution in [0.4, 0.5) is 5.69 Å². The summed E-state index contributed by atoms with van der Waals surface area (Å²) >= 11 is 3.43. The third-order valence-corrected chi connectivity index (χ3v) is 4.22. The number of aromatic nitrogens is 2. The molecule has 1 aliphatic rings. The van der Waals surface area contributed by atoms with Crippen LogP contribution in [0.1, 0.15) is 53.5 Å². The van der Waals surface area contributed by atoms with Crippen molar-refractivity contribution in [1.29, 1.82) is 0 Å². The van der Waals surface area contributed by atoms with Gasteiger partial charge in [0.15, 0.2) is 5.69 Å². The fourth-order valence-corrected chi connectivity index (χ4v) is 2.76. The standard InChI is InChI=1S/C15H17BrN4O/c1-8(10-3-2-4-11(16)7-10)18-15(21)14-12(17)13(19-20-14)9-5-6-9/h2-4,7-9H,5-6,17H2,1H3,(H,18,21)(H,19,20). The normalized spacial score (nSPS) is 15.7. The molecule has 5 nitrogen and oxygen atoms in total. The molecule has 3 rings (SSSR count). The van der Waals surface area contributed by atoms with Gasteiger partial charge in [-0.3, -0.25) is 9.89 Å². The summed E-state index contributed by atoms with van der Waals surface area (Å²) in [7, 11) is 0. The first-order valence-corrected chi connectivity index (χ1v) is 7.75. The fraction of sp³-hybridized carbons (Fsp3) is 0.333. The van der Waals surface area contributed by atoms with E-state index in [1.165, 1.54) is 0 Å². The quantitative estimate of drug-likeness (QED) is 0.793. The molecule has 2 aromatic rings. The molecule has 1 aromatic heterocycles. The highest BCUT2D eigenvalue weighted by Gasteiger charge is 2.30. The monoisotopic (exact) mass is 348 g/mol. The highest BCUT2D eigenvalue weighted by atomic mass is 79.9. The lowest BCUT2D eigenvalue weighted by atomic mass is 10.1. The third kappa shape index (κ3) is 2.95. The second kappa shape index (κ2) is 5.52. The Balaban J connectivity index is 1.74. The molecular weight excluding hydrogens is 332 g/mol. The highest BCUT2D eigenvalue weighted by Crippen LogP contribution is 2.42. The van der Waals surface area contributed by atoms with Gasteiger partial charge in [-0.2, -0.15) is 5.10 Å². The molecule has 1 saturated carbocycles. The SMILES string of the molecule is CC(NC(=O)c1n[nH]c(C2CC2)c1N)c1cccc(Br)c1. The van der Waals surface area contributed by atoms with Crippen molar-refractivity contribution in [1.82, 2.24) is 15.5 Å². The van der Waals surface area contributed by atoms with E-state index in [2.05, 4.69) is 31.4 Å². The second-order valence-electron chi connectivity index (χ2n) is 5.42. The second-order valence-corrected chi connectivity index (χ2v) is 6.34. The Morgan fingerprint density at radius 3 is 2.95 bits per heavy atom. The summed E-state index contributed by atoms with van der Waals surface area (Å²) in [4.78, 5) is 12.3. The zero-order valence-electron chi connectivity index (χ0n) is 11.7. The van der Waals surface area contributed by atoms with Gasteiger partial charge in [0.2, 0.25) is 0 Å². The Morgan fingerprint density at radius 2 is 2.29 bits per heavy atom. The lowest BCUT2D eigenvalue weighted by molar-refractivity contribution is 0.0935. The minimum Gasteiger partial charge on any atom is -0.395 e.